The summed E-state index contributed by atoms with van der Waals surface area (Å²) in [4.78, 5) is 28.9. The van der Waals surface area contributed by atoms with Crippen LogP contribution in [-0.2, 0) is 9.59 Å². The zero-order chi connectivity index (χ0) is 19.0. The van der Waals surface area contributed by atoms with E-state index in [0.717, 1.165) is 37.9 Å². The Morgan fingerprint density at radius 1 is 1.15 bits per heavy atom. The number of fused-ring (bicyclic) bond motifs is 1. The van der Waals surface area contributed by atoms with Crippen molar-refractivity contribution >= 4 is 11.8 Å². The van der Waals surface area contributed by atoms with Crippen molar-refractivity contribution in [1.29, 1.82) is 0 Å². The van der Waals surface area contributed by atoms with Crippen molar-refractivity contribution in [3.63, 3.8) is 0 Å². The van der Waals surface area contributed by atoms with Gasteiger partial charge in [0, 0.05) is 50.0 Å². The number of hydrogen-bond acceptors (Lipinski definition) is 3. The number of nitrogens with one attached hydrogen (secondary N) is 1. The highest BCUT2D eigenvalue weighted by atomic mass is 19.1. The first-order valence-electron chi connectivity index (χ1n) is 10.1. The van der Waals surface area contributed by atoms with Gasteiger partial charge in [-0.1, -0.05) is 19.1 Å². The lowest BCUT2D eigenvalue weighted by Gasteiger charge is -2.38. The van der Waals surface area contributed by atoms with E-state index in [9.17, 15) is 14.0 Å². The van der Waals surface area contributed by atoms with Gasteiger partial charge in [0.15, 0.2) is 0 Å². The molecule has 0 aromatic heterocycles. The van der Waals surface area contributed by atoms with Crippen LogP contribution in [0.1, 0.15) is 44.1 Å². The number of carbonyl (C=O) groups excluding carboxylic acids is 2. The molecule has 4 rings (SSSR count). The molecule has 2 saturated heterocycles. The molecule has 1 aromatic rings. The zero-order valence-corrected chi connectivity index (χ0v) is 15.9. The van der Waals surface area contributed by atoms with Gasteiger partial charge >= 0.3 is 0 Å². The summed E-state index contributed by atoms with van der Waals surface area (Å²) in [5.41, 5.74) is 1.09. The molecule has 3 atom stereocenters. The van der Waals surface area contributed by atoms with Crippen molar-refractivity contribution in [2.45, 2.75) is 50.6 Å². The summed E-state index contributed by atoms with van der Waals surface area (Å²) in [7, 11) is 0. The average Bonchev–Trinajstić information content (AvgIpc) is 3.39. The predicted octanol–water partition coefficient (Wildman–Crippen LogP) is 2.13. The lowest BCUT2D eigenvalue weighted by atomic mass is 9.82. The topological polar surface area (TPSA) is 52.7 Å². The SMILES string of the molecule is CCC(=O)N1C[C@@H](c2ccc(F)cc2)[C@@H]2CN(CC(=O)NC3CC3)CC[C@@H]21. The van der Waals surface area contributed by atoms with Crippen LogP contribution in [0.15, 0.2) is 24.3 Å². The highest BCUT2D eigenvalue weighted by Gasteiger charge is 2.46. The maximum atomic E-state index is 13.4. The molecular formula is C21H28FN3O2. The van der Waals surface area contributed by atoms with Crippen molar-refractivity contribution in [2.75, 3.05) is 26.2 Å². The fraction of sp³-hybridized carbons (Fsp3) is 0.619. The fourth-order valence-electron chi connectivity index (χ4n) is 4.71. The van der Waals surface area contributed by atoms with E-state index in [1.165, 1.54) is 12.1 Å². The van der Waals surface area contributed by atoms with Crippen LogP contribution in [0.25, 0.3) is 0 Å². The van der Waals surface area contributed by atoms with Crippen LogP contribution in [0.2, 0.25) is 0 Å². The minimum atomic E-state index is -0.239. The molecule has 27 heavy (non-hydrogen) atoms. The Labute approximate surface area is 159 Å². The molecule has 5 nitrogen and oxygen atoms in total. The maximum Gasteiger partial charge on any atom is 0.234 e. The standard InChI is InChI=1S/C21H28FN3O2/c1-2-21(27)25-12-17(14-3-5-15(22)6-4-14)18-11-24(10-9-19(18)25)13-20(26)23-16-7-8-16/h3-6,16-19H,2,7-13H2,1H3,(H,23,26)/t17-,18-,19-/m0/s1. The minimum absolute atomic E-state index is 0.105. The first-order chi connectivity index (χ1) is 13.0. The molecular weight excluding hydrogens is 345 g/mol. The van der Waals surface area contributed by atoms with Crippen molar-refractivity contribution in [2.24, 2.45) is 5.92 Å². The van der Waals surface area contributed by atoms with Crippen molar-refractivity contribution in [3.05, 3.63) is 35.6 Å². The van der Waals surface area contributed by atoms with Crippen LogP contribution in [0.4, 0.5) is 4.39 Å². The molecule has 146 valence electrons. The van der Waals surface area contributed by atoms with Gasteiger partial charge in [-0.15, -0.1) is 0 Å². The molecule has 3 fully saturated rings. The summed E-state index contributed by atoms with van der Waals surface area (Å²) >= 11 is 0. The smallest absolute Gasteiger partial charge is 0.234 e. The van der Waals surface area contributed by atoms with Crippen molar-refractivity contribution in [3.8, 4) is 0 Å². The summed E-state index contributed by atoms with van der Waals surface area (Å²) in [6.45, 7) is 4.66. The molecule has 6 heteroatoms. The number of likely N-dealkylation sites (tertiary alicyclic amines) is 2. The molecule has 2 amide bonds. The third-order valence-electron chi connectivity index (χ3n) is 6.25. The second-order valence-electron chi connectivity index (χ2n) is 8.15. The molecule has 2 heterocycles. The molecule has 0 bridgehead atoms. The zero-order valence-electron chi connectivity index (χ0n) is 15.9. The Kier molecular flexibility index (Phi) is 5.17. The Morgan fingerprint density at radius 3 is 2.56 bits per heavy atom. The summed E-state index contributed by atoms with van der Waals surface area (Å²) in [5.74, 6) is 0.536. The van der Waals surface area contributed by atoms with E-state index in [2.05, 4.69) is 10.2 Å². The second-order valence-corrected chi connectivity index (χ2v) is 8.15. The lowest BCUT2D eigenvalue weighted by Crippen LogP contribution is -2.50. The first-order valence-corrected chi connectivity index (χ1v) is 10.1. The molecule has 2 aliphatic heterocycles. The maximum absolute atomic E-state index is 13.4. The van der Waals surface area contributed by atoms with Gasteiger partial charge in [0.25, 0.3) is 0 Å². The molecule has 0 unspecified atom stereocenters. The largest absolute Gasteiger partial charge is 0.352 e. The van der Waals surface area contributed by atoms with Crippen LogP contribution in [-0.4, -0.2) is 59.9 Å². The van der Waals surface area contributed by atoms with Gasteiger partial charge in [0.1, 0.15) is 5.82 Å². The van der Waals surface area contributed by atoms with E-state index in [0.29, 0.717) is 25.6 Å². The number of hydrogen-bond donors (Lipinski definition) is 1. The van der Waals surface area contributed by atoms with Crippen LogP contribution in [0, 0.1) is 11.7 Å². The number of nitrogens with zero attached hydrogens (tertiary/aromatic N) is 2. The Bertz CT molecular complexity index is 704. The number of piperidine rings is 1. The van der Waals surface area contributed by atoms with Crippen molar-refractivity contribution < 1.29 is 14.0 Å². The van der Waals surface area contributed by atoms with Gasteiger partial charge in [-0.25, -0.2) is 4.39 Å². The molecule has 1 aromatic carbocycles. The third kappa shape index (κ3) is 4.00. The van der Waals surface area contributed by atoms with E-state index >= 15 is 0 Å². The summed E-state index contributed by atoms with van der Waals surface area (Å²) < 4.78 is 13.4. The minimum Gasteiger partial charge on any atom is -0.352 e. The number of carbonyl (C=O) groups is 2. The molecule has 3 aliphatic rings. The van der Waals surface area contributed by atoms with Crippen LogP contribution < -0.4 is 5.32 Å². The van der Waals surface area contributed by atoms with Gasteiger partial charge in [0.2, 0.25) is 11.8 Å². The molecule has 0 spiro atoms. The molecule has 1 N–H and O–H groups in total. The first kappa shape index (κ1) is 18.4. The van der Waals surface area contributed by atoms with Crippen LogP contribution in [0.3, 0.4) is 0 Å². The van der Waals surface area contributed by atoms with Gasteiger partial charge in [0.05, 0.1) is 6.54 Å². The van der Waals surface area contributed by atoms with E-state index in [1.807, 2.05) is 24.0 Å². The van der Waals surface area contributed by atoms with Gasteiger partial charge in [-0.3, -0.25) is 14.5 Å². The van der Waals surface area contributed by atoms with Crippen LogP contribution >= 0.6 is 0 Å². The van der Waals surface area contributed by atoms with Crippen LogP contribution in [0.5, 0.6) is 0 Å². The molecule has 1 saturated carbocycles. The Hall–Kier alpha value is -1.95. The summed E-state index contributed by atoms with van der Waals surface area (Å²) in [6, 6.07) is 7.28. The van der Waals surface area contributed by atoms with E-state index in [4.69, 9.17) is 0 Å². The Balaban J connectivity index is 1.49. The quantitative estimate of drug-likeness (QED) is 0.860. The monoisotopic (exact) mass is 373 g/mol. The molecule has 0 radical (unpaired) electrons. The average molecular weight is 373 g/mol. The normalized spacial score (nSPS) is 28.1. The number of amides is 2. The molecule has 1 aliphatic carbocycles. The fourth-order valence-corrected chi connectivity index (χ4v) is 4.71. The van der Waals surface area contributed by atoms with Gasteiger partial charge in [-0.05, 0) is 37.0 Å². The van der Waals surface area contributed by atoms with E-state index in [1.54, 1.807) is 0 Å². The lowest BCUT2D eigenvalue weighted by molar-refractivity contribution is -0.133. The van der Waals surface area contributed by atoms with Gasteiger partial charge in [-0.2, -0.15) is 0 Å². The summed E-state index contributed by atoms with van der Waals surface area (Å²) in [5, 5.41) is 3.06. The third-order valence-corrected chi connectivity index (χ3v) is 6.25. The predicted molar refractivity (Wildman–Crippen MR) is 101 cm³/mol. The Morgan fingerprint density at radius 2 is 1.89 bits per heavy atom. The summed E-state index contributed by atoms with van der Waals surface area (Å²) in [6.07, 6.45) is 3.59. The second kappa shape index (κ2) is 7.58. The van der Waals surface area contributed by atoms with Crippen molar-refractivity contribution in [1.82, 2.24) is 15.1 Å². The number of benzene rings is 1. The number of rotatable bonds is 5. The van der Waals surface area contributed by atoms with Gasteiger partial charge < -0.3 is 10.2 Å². The number of halogens is 1. The highest BCUT2D eigenvalue weighted by molar-refractivity contribution is 5.79. The van der Waals surface area contributed by atoms with E-state index in [-0.39, 0.29) is 35.5 Å². The van der Waals surface area contributed by atoms with E-state index < -0.39 is 0 Å². The highest BCUT2D eigenvalue weighted by Crippen LogP contribution is 2.41.